The van der Waals surface area contributed by atoms with Gasteiger partial charge in [0, 0.05) is 23.0 Å². The fourth-order valence-electron chi connectivity index (χ4n) is 3.49. The van der Waals surface area contributed by atoms with Crippen molar-refractivity contribution in [3.63, 3.8) is 0 Å². The lowest BCUT2D eigenvalue weighted by Crippen LogP contribution is -2.43. The summed E-state index contributed by atoms with van der Waals surface area (Å²) >= 11 is 1.59. The molecule has 1 aromatic heterocycles. The molecule has 2 aromatic carbocycles. The predicted molar refractivity (Wildman–Crippen MR) is 120 cm³/mol. The number of hydrogen-bond donors (Lipinski definition) is 0. The molecule has 0 aliphatic heterocycles. The van der Waals surface area contributed by atoms with E-state index in [2.05, 4.69) is 0 Å². The summed E-state index contributed by atoms with van der Waals surface area (Å²) in [5.41, 5.74) is 2.55. The molecule has 3 aromatic rings. The lowest BCUT2D eigenvalue weighted by atomic mass is 10.1. The Hall–Kier alpha value is -2.99. The molecule has 4 nitrogen and oxygen atoms in total. The molecule has 0 N–H and O–H groups in total. The number of rotatable bonds is 8. The van der Waals surface area contributed by atoms with Crippen LogP contribution in [0, 0.1) is 12.7 Å². The first kappa shape index (κ1) is 21.2. The smallest absolute Gasteiger partial charge is 0.254 e. The van der Waals surface area contributed by atoms with Gasteiger partial charge in [0.25, 0.3) is 5.91 Å². The van der Waals surface area contributed by atoms with Gasteiger partial charge in [-0.05, 0) is 61.0 Å². The van der Waals surface area contributed by atoms with Gasteiger partial charge in [-0.15, -0.1) is 11.3 Å². The van der Waals surface area contributed by atoms with Crippen LogP contribution in [0.15, 0.2) is 66.0 Å². The molecule has 1 fully saturated rings. The van der Waals surface area contributed by atoms with Crippen LogP contribution in [0.4, 0.5) is 4.39 Å². The highest BCUT2D eigenvalue weighted by atomic mass is 32.1. The van der Waals surface area contributed by atoms with Gasteiger partial charge < -0.3 is 9.80 Å². The maximum Gasteiger partial charge on any atom is 0.254 e. The third-order valence-corrected chi connectivity index (χ3v) is 6.28. The van der Waals surface area contributed by atoms with Crippen molar-refractivity contribution in [2.24, 2.45) is 0 Å². The average molecular weight is 437 g/mol. The minimum atomic E-state index is -0.302. The Kier molecular flexibility index (Phi) is 6.47. The first-order valence-corrected chi connectivity index (χ1v) is 11.3. The van der Waals surface area contributed by atoms with E-state index in [1.54, 1.807) is 33.3 Å². The Labute approximate surface area is 185 Å². The average Bonchev–Trinajstić information content (AvgIpc) is 3.48. The van der Waals surface area contributed by atoms with Crippen molar-refractivity contribution in [2.75, 3.05) is 6.54 Å². The van der Waals surface area contributed by atoms with Gasteiger partial charge in [-0.3, -0.25) is 9.59 Å². The lowest BCUT2D eigenvalue weighted by Gasteiger charge is -2.28. The van der Waals surface area contributed by atoms with Crippen LogP contribution < -0.4 is 0 Å². The van der Waals surface area contributed by atoms with Gasteiger partial charge >= 0.3 is 0 Å². The molecule has 0 atom stereocenters. The zero-order chi connectivity index (χ0) is 21.8. The van der Waals surface area contributed by atoms with Crippen LogP contribution in [-0.4, -0.2) is 34.2 Å². The number of halogens is 1. The molecule has 6 heteroatoms. The van der Waals surface area contributed by atoms with Gasteiger partial charge in [0.15, 0.2) is 0 Å². The Morgan fingerprint density at radius 2 is 1.71 bits per heavy atom. The van der Waals surface area contributed by atoms with Crippen molar-refractivity contribution in [1.82, 2.24) is 9.80 Å². The highest BCUT2D eigenvalue weighted by Gasteiger charge is 2.35. The second kappa shape index (κ2) is 9.43. The topological polar surface area (TPSA) is 40.6 Å². The number of aryl methyl sites for hydroxylation is 1. The summed E-state index contributed by atoms with van der Waals surface area (Å²) in [4.78, 5) is 31.0. The molecule has 0 bridgehead atoms. The van der Waals surface area contributed by atoms with Crippen molar-refractivity contribution in [1.29, 1.82) is 0 Å². The molecule has 0 radical (unpaired) electrons. The third kappa shape index (κ3) is 5.58. The molecule has 31 heavy (non-hydrogen) atoms. The van der Waals surface area contributed by atoms with E-state index in [4.69, 9.17) is 0 Å². The molecular formula is C25H25FN2O2S. The molecule has 160 valence electrons. The second-order valence-corrected chi connectivity index (χ2v) is 9.02. The van der Waals surface area contributed by atoms with E-state index in [9.17, 15) is 14.0 Å². The fraction of sp³-hybridized carbons (Fsp3) is 0.280. The van der Waals surface area contributed by atoms with E-state index in [1.807, 2.05) is 48.7 Å². The molecule has 1 aliphatic carbocycles. The van der Waals surface area contributed by atoms with E-state index < -0.39 is 0 Å². The van der Waals surface area contributed by atoms with Crippen LogP contribution in [-0.2, 0) is 17.9 Å². The minimum Gasteiger partial charge on any atom is -0.332 e. The molecule has 1 aliphatic rings. The number of carbonyl (C=O) groups excluding carboxylic acids is 2. The summed E-state index contributed by atoms with van der Waals surface area (Å²) < 4.78 is 13.3. The van der Waals surface area contributed by atoms with E-state index in [-0.39, 0.29) is 30.2 Å². The van der Waals surface area contributed by atoms with Crippen LogP contribution in [0.25, 0.3) is 0 Å². The van der Waals surface area contributed by atoms with Crippen molar-refractivity contribution >= 4 is 23.2 Å². The van der Waals surface area contributed by atoms with Crippen molar-refractivity contribution < 1.29 is 14.0 Å². The molecular weight excluding hydrogens is 411 g/mol. The molecule has 1 saturated carbocycles. The number of carbonyl (C=O) groups is 2. The molecule has 0 spiro atoms. The summed E-state index contributed by atoms with van der Waals surface area (Å²) in [6.45, 7) is 2.86. The Morgan fingerprint density at radius 1 is 1.00 bits per heavy atom. The van der Waals surface area contributed by atoms with Crippen LogP contribution in [0.5, 0.6) is 0 Å². The van der Waals surface area contributed by atoms with Crippen LogP contribution >= 0.6 is 11.3 Å². The predicted octanol–water partition coefficient (Wildman–Crippen LogP) is 5.03. The minimum absolute atomic E-state index is 0.0456. The van der Waals surface area contributed by atoms with Gasteiger partial charge in [-0.1, -0.05) is 35.9 Å². The summed E-state index contributed by atoms with van der Waals surface area (Å²) in [5, 5.41) is 1.98. The van der Waals surface area contributed by atoms with E-state index in [0.717, 1.165) is 28.8 Å². The van der Waals surface area contributed by atoms with Gasteiger partial charge in [0.1, 0.15) is 12.4 Å². The molecule has 2 amide bonds. The van der Waals surface area contributed by atoms with Gasteiger partial charge in [-0.2, -0.15) is 0 Å². The second-order valence-electron chi connectivity index (χ2n) is 7.99. The Bertz CT molecular complexity index is 1030. The normalized spacial score (nSPS) is 13.1. The molecule has 0 saturated heterocycles. The van der Waals surface area contributed by atoms with Crippen LogP contribution in [0.1, 0.15) is 39.2 Å². The highest BCUT2D eigenvalue weighted by molar-refractivity contribution is 7.09. The number of hydrogen-bond acceptors (Lipinski definition) is 3. The van der Waals surface area contributed by atoms with Crippen molar-refractivity contribution in [3.8, 4) is 0 Å². The summed E-state index contributed by atoms with van der Waals surface area (Å²) in [5.74, 6) is -0.512. The SMILES string of the molecule is Cc1ccc(C(=O)N(CC(=O)N(Cc2ccc(F)cc2)Cc2cccs2)C2CC2)cc1. The maximum absolute atomic E-state index is 13.3. The van der Waals surface area contributed by atoms with Gasteiger partial charge in [0.05, 0.1) is 6.54 Å². The summed E-state index contributed by atoms with van der Waals surface area (Å²) in [7, 11) is 0. The van der Waals surface area contributed by atoms with E-state index in [1.165, 1.54) is 12.1 Å². The number of thiophene rings is 1. The highest BCUT2D eigenvalue weighted by Crippen LogP contribution is 2.28. The number of amides is 2. The standard InChI is InChI=1S/C25H25FN2O2S/c1-18-4-8-20(9-5-18)25(30)28(22-12-13-22)17-24(29)27(16-23-3-2-14-31-23)15-19-6-10-21(26)11-7-19/h2-11,14,22H,12-13,15-17H2,1H3. The van der Waals surface area contributed by atoms with Crippen molar-refractivity contribution in [3.05, 3.63) is 93.4 Å². The van der Waals surface area contributed by atoms with Gasteiger partial charge in [0.2, 0.25) is 5.91 Å². The quantitative estimate of drug-likeness (QED) is 0.497. The third-order valence-electron chi connectivity index (χ3n) is 5.42. The zero-order valence-electron chi connectivity index (χ0n) is 17.5. The monoisotopic (exact) mass is 436 g/mol. The molecule has 4 rings (SSSR count). The van der Waals surface area contributed by atoms with E-state index >= 15 is 0 Å². The molecule has 1 heterocycles. The van der Waals surface area contributed by atoms with Crippen molar-refractivity contribution in [2.45, 2.75) is 38.9 Å². The first-order chi connectivity index (χ1) is 15.0. The lowest BCUT2D eigenvalue weighted by molar-refractivity contribution is -0.133. The largest absolute Gasteiger partial charge is 0.332 e. The Balaban J connectivity index is 1.52. The summed E-state index contributed by atoms with van der Waals surface area (Å²) in [6.07, 6.45) is 1.85. The van der Waals surface area contributed by atoms with Crippen LogP contribution in [0.2, 0.25) is 0 Å². The fourth-order valence-corrected chi connectivity index (χ4v) is 4.21. The Morgan fingerprint density at radius 3 is 2.32 bits per heavy atom. The maximum atomic E-state index is 13.3. The summed E-state index contributed by atoms with van der Waals surface area (Å²) in [6, 6.07) is 17.7. The van der Waals surface area contributed by atoms with Gasteiger partial charge in [-0.25, -0.2) is 4.39 Å². The molecule has 0 unspecified atom stereocenters. The van der Waals surface area contributed by atoms with Crippen LogP contribution in [0.3, 0.4) is 0 Å². The number of nitrogens with zero attached hydrogens (tertiary/aromatic N) is 2. The number of benzene rings is 2. The first-order valence-electron chi connectivity index (χ1n) is 10.4. The van der Waals surface area contributed by atoms with E-state index in [0.29, 0.717) is 18.7 Å². The zero-order valence-corrected chi connectivity index (χ0v) is 18.3.